The average molecular weight is 588 g/mol. The van der Waals surface area contributed by atoms with E-state index in [1.807, 2.05) is 24.5 Å². The predicted molar refractivity (Wildman–Crippen MR) is 170 cm³/mol. The Morgan fingerprint density at radius 3 is 2.42 bits per heavy atom. The fraction of sp³-hybridized carbons (Fsp3) is 0.559. The number of aromatic amines is 1. The second-order valence-electron chi connectivity index (χ2n) is 13.8. The Balaban J connectivity index is 1.13. The van der Waals surface area contributed by atoms with Crippen molar-refractivity contribution >= 4 is 12.0 Å². The summed E-state index contributed by atoms with van der Waals surface area (Å²) < 4.78 is 2.31. The summed E-state index contributed by atoms with van der Waals surface area (Å²) in [6.07, 6.45) is 15.6. The van der Waals surface area contributed by atoms with Crippen molar-refractivity contribution in [1.82, 2.24) is 34.2 Å². The van der Waals surface area contributed by atoms with Gasteiger partial charge in [0.25, 0.3) is 0 Å². The molecule has 0 radical (unpaired) electrons. The molecule has 0 aliphatic carbocycles. The summed E-state index contributed by atoms with van der Waals surface area (Å²) in [5, 5.41) is 8.90. The molecule has 3 aromatic rings. The number of aryl methyl sites for hydroxylation is 1. The van der Waals surface area contributed by atoms with Crippen LogP contribution in [0.15, 0.2) is 55.1 Å². The van der Waals surface area contributed by atoms with E-state index in [-0.39, 0.29) is 0 Å². The van der Waals surface area contributed by atoms with Gasteiger partial charge in [0.05, 0.1) is 13.1 Å². The van der Waals surface area contributed by atoms with Gasteiger partial charge in [-0.2, -0.15) is 0 Å². The Kier molecular flexibility index (Phi) is 10.2. The third-order valence-corrected chi connectivity index (χ3v) is 8.90. The number of H-pyrrole nitrogens is 1. The first kappa shape index (κ1) is 31.2. The lowest BCUT2D eigenvalue weighted by Crippen LogP contribution is -2.44. The van der Waals surface area contributed by atoms with E-state index < -0.39 is 5.97 Å². The number of likely N-dealkylation sites (tertiary alicyclic amines) is 2. The van der Waals surface area contributed by atoms with Crippen LogP contribution in [0.5, 0.6) is 0 Å². The minimum absolute atomic E-state index is 0.377. The fourth-order valence-corrected chi connectivity index (χ4v) is 6.77. The molecule has 4 heterocycles. The maximum atomic E-state index is 10.8. The molecule has 1 aromatic carbocycles. The van der Waals surface area contributed by atoms with Crippen LogP contribution in [0.1, 0.15) is 69.2 Å². The van der Waals surface area contributed by atoms with Gasteiger partial charge in [-0.05, 0) is 79.9 Å². The normalized spacial score (nSPS) is 18.0. The van der Waals surface area contributed by atoms with E-state index in [0.29, 0.717) is 23.9 Å². The lowest BCUT2D eigenvalue weighted by molar-refractivity contribution is -0.131. The van der Waals surface area contributed by atoms with E-state index in [2.05, 4.69) is 68.3 Å². The number of benzene rings is 1. The number of nitrogens with zero attached hydrogens (tertiary/aromatic N) is 6. The zero-order chi connectivity index (χ0) is 30.3. The number of hydrogen-bond acceptors (Lipinski definition) is 6. The van der Waals surface area contributed by atoms with Crippen LogP contribution in [0.4, 0.5) is 0 Å². The van der Waals surface area contributed by atoms with Gasteiger partial charge in [0.1, 0.15) is 11.6 Å². The monoisotopic (exact) mass is 587 g/mol. The highest BCUT2D eigenvalue weighted by Gasteiger charge is 2.40. The molecule has 2 aromatic heterocycles. The summed E-state index contributed by atoms with van der Waals surface area (Å²) in [5.74, 6) is 1.05. The van der Waals surface area contributed by atoms with Gasteiger partial charge in [-0.25, -0.2) is 14.8 Å². The molecule has 2 N–H and O–H groups in total. The zero-order valence-corrected chi connectivity index (χ0v) is 26.2. The lowest BCUT2D eigenvalue weighted by atomic mass is 9.77. The van der Waals surface area contributed by atoms with Crippen LogP contribution >= 0.6 is 0 Å². The molecule has 2 aliphatic rings. The summed E-state index contributed by atoms with van der Waals surface area (Å²) in [4.78, 5) is 31.0. The molecular weight excluding hydrogens is 538 g/mol. The number of carboxylic acids is 1. The first-order valence-corrected chi connectivity index (χ1v) is 15.8. The number of aromatic nitrogens is 4. The molecule has 2 saturated heterocycles. The van der Waals surface area contributed by atoms with Crippen molar-refractivity contribution in [1.29, 1.82) is 0 Å². The molecule has 0 saturated carbocycles. The van der Waals surface area contributed by atoms with Crippen molar-refractivity contribution in [3.05, 3.63) is 77.9 Å². The summed E-state index contributed by atoms with van der Waals surface area (Å²) in [6.45, 7) is 17.5. The minimum Gasteiger partial charge on any atom is -0.478 e. The second kappa shape index (κ2) is 14.0. The number of carboxylic acid groups (broad SMARTS) is 1. The van der Waals surface area contributed by atoms with E-state index in [4.69, 9.17) is 10.1 Å². The van der Waals surface area contributed by atoms with E-state index >= 15 is 0 Å². The van der Waals surface area contributed by atoms with E-state index in [0.717, 1.165) is 54.9 Å². The zero-order valence-electron chi connectivity index (χ0n) is 26.2. The van der Waals surface area contributed by atoms with Gasteiger partial charge < -0.3 is 24.5 Å². The van der Waals surface area contributed by atoms with Gasteiger partial charge in [0.15, 0.2) is 0 Å². The summed E-state index contributed by atoms with van der Waals surface area (Å²) in [5.41, 5.74) is 2.94. The summed E-state index contributed by atoms with van der Waals surface area (Å²) >= 11 is 0. The van der Waals surface area contributed by atoms with Crippen LogP contribution in [-0.2, 0) is 31.0 Å². The van der Waals surface area contributed by atoms with Crippen molar-refractivity contribution in [3.63, 3.8) is 0 Å². The van der Waals surface area contributed by atoms with Crippen LogP contribution in [0.25, 0.3) is 6.08 Å². The summed E-state index contributed by atoms with van der Waals surface area (Å²) in [6, 6.07) is 8.03. The van der Waals surface area contributed by atoms with Crippen molar-refractivity contribution in [2.24, 2.45) is 10.8 Å². The van der Waals surface area contributed by atoms with Crippen LogP contribution in [0.2, 0.25) is 0 Å². The Hall–Kier alpha value is -3.27. The fourth-order valence-electron chi connectivity index (χ4n) is 6.77. The third-order valence-electron chi connectivity index (χ3n) is 8.90. The Bertz CT molecular complexity index is 1320. The quantitative estimate of drug-likeness (QED) is 0.268. The number of imidazole rings is 2. The highest BCUT2D eigenvalue weighted by molar-refractivity contribution is 5.85. The number of nitrogens with one attached hydrogen (secondary N) is 1. The SMILES string of the molecule is CC(C)(C)CN1CCC2(CC1)CCN(CCCn1ccnc1CN(Cc1ccc(/C=C/C(=O)O)cc1)Cc1ncc[nH]1)C2. The molecule has 9 nitrogen and oxygen atoms in total. The molecule has 5 rings (SSSR count). The van der Waals surface area contributed by atoms with Crippen molar-refractivity contribution in [3.8, 4) is 0 Å². The van der Waals surface area contributed by atoms with Crippen LogP contribution < -0.4 is 0 Å². The third kappa shape index (κ3) is 9.36. The number of carbonyl (C=O) groups is 1. The van der Waals surface area contributed by atoms with Gasteiger partial charge in [-0.3, -0.25) is 4.90 Å². The maximum absolute atomic E-state index is 10.8. The molecule has 0 amide bonds. The molecular formula is C34H49N7O2. The highest BCUT2D eigenvalue weighted by Crippen LogP contribution is 2.40. The maximum Gasteiger partial charge on any atom is 0.328 e. The first-order chi connectivity index (χ1) is 20.6. The Labute approximate surface area is 256 Å². The molecule has 43 heavy (non-hydrogen) atoms. The Morgan fingerprint density at radius 2 is 1.74 bits per heavy atom. The number of hydrogen-bond donors (Lipinski definition) is 2. The summed E-state index contributed by atoms with van der Waals surface area (Å²) in [7, 11) is 0. The standard InChI is InChI=1S/C34H49N7O2/c1-33(2,3)26-39-20-12-34(13-21-39)11-19-38(27-34)17-4-18-41-22-16-37-31(41)25-40(24-30-35-14-15-36-30)23-29-7-5-28(6-8-29)9-10-32(42)43/h5-10,14-16,22H,4,11-13,17-21,23-27H2,1-3H3,(H,35,36)(H,42,43)/b10-9+. The van der Waals surface area contributed by atoms with Crippen LogP contribution in [0, 0.1) is 10.8 Å². The van der Waals surface area contributed by atoms with E-state index in [1.165, 1.54) is 52.0 Å². The first-order valence-electron chi connectivity index (χ1n) is 15.8. The van der Waals surface area contributed by atoms with Gasteiger partial charge >= 0.3 is 5.97 Å². The number of piperidine rings is 1. The van der Waals surface area contributed by atoms with Crippen molar-refractivity contribution < 1.29 is 9.90 Å². The largest absolute Gasteiger partial charge is 0.478 e. The molecule has 232 valence electrons. The van der Waals surface area contributed by atoms with Gasteiger partial charge in [0, 0.05) is 57.0 Å². The molecule has 0 bridgehead atoms. The van der Waals surface area contributed by atoms with Gasteiger partial charge in [-0.15, -0.1) is 0 Å². The lowest BCUT2D eigenvalue weighted by Gasteiger charge is -2.41. The van der Waals surface area contributed by atoms with E-state index in [1.54, 1.807) is 12.3 Å². The molecule has 1 spiro atoms. The highest BCUT2D eigenvalue weighted by atomic mass is 16.4. The molecule has 0 atom stereocenters. The molecule has 2 aliphatic heterocycles. The number of rotatable bonds is 13. The molecule has 9 heteroatoms. The van der Waals surface area contributed by atoms with Crippen molar-refractivity contribution in [2.45, 2.75) is 72.6 Å². The van der Waals surface area contributed by atoms with Crippen LogP contribution in [-0.4, -0.2) is 84.6 Å². The van der Waals surface area contributed by atoms with E-state index in [9.17, 15) is 4.79 Å². The Morgan fingerprint density at radius 1 is 1.00 bits per heavy atom. The molecule has 2 fully saturated rings. The number of aliphatic carboxylic acids is 1. The molecule has 0 unspecified atom stereocenters. The van der Waals surface area contributed by atoms with Crippen LogP contribution in [0.3, 0.4) is 0 Å². The second-order valence-corrected chi connectivity index (χ2v) is 13.8. The van der Waals surface area contributed by atoms with Gasteiger partial charge in [0.2, 0.25) is 0 Å². The predicted octanol–water partition coefficient (Wildman–Crippen LogP) is 5.13. The van der Waals surface area contributed by atoms with Gasteiger partial charge in [-0.1, -0.05) is 45.0 Å². The minimum atomic E-state index is -0.944. The average Bonchev–Trinajstić information content (AvgIpc) is 3.72. The van der Waals surface area contributed by atoms with Crippen molar-refractivity contribution in [2.75, 3.05) is 39.3 Å². The topological polar surface area (TPSA) is 93.5 Å². The smallest absolute Gasteiger partial charge is 0.328 e.